The Morgan fingerprint density at radius 1 is 1.54 bits per heavy atom. The molecule has 0 aliphatic carbocycles. The van der Waals surface area contributed by atoms with Crippen molar-refractivity contribution in [2.75, 3.05) is 6.61 Å². The lowest BCUT2D eigenvalue weighted by Crippen LogP contribution is -2.50. The van der Waals surface area contributed by atoms with E-state index in [1.807, 2.05) is 5.32 Å². The lowest BCUT2D eigenvalue weighted by Gasteiger charge is -2.22. The number of ketones is 1. The van der Waals surface area contributed by atoms with E-state index in [1.165, 1.54) is 6.92 Å². The molecule has 0 aliphatic heterocycles. The molecule has 3 atom stereocenters. The van der Waals surface area contributed by atoms with Crippen LogP contribution in [0.3, 0.4) is 0 Å². The summed E-state index contributed by atoms with van der Waals surface area (Å²) >= 11 is 0. The number of hydrogen-bond acceptors (Lipinski definition) is 5. The Bertz CT molecular complexity index is 182. The SMILES string of the molecule is C[C@@H](O)[C@H](O)[C@H](NC=O)C(=O)CO. The van der Waals surface area contributed by atoms with Crippen molar-refractivity contribution >= 4 is 12.2 Å². The summed E-state index contributed by atoms with van der Waals surface area (Å²) in [5.74, 6) is -0.750. The van der Waals surface area contributed by atoms with Gasteiger partial charge in [0, 0.05) is 0 Å². The second kappa shape index (κ2) is 5.63. The molecule has 6 nitrogen and oxygen atoms in total. The maximum Gasteiger partial charge on any atom is 0.207 e. The van der Waals surface area contributed by atoms with Gasteiger partial charge in [0.05, 0.1) is 6.10 Å². The molecule has 0 saturated carbocycles. The summed E-state index contributed by atoms with van der Waals surface area (Å²) in [6.07, 6.45) is -2.35. The highest BCUT2D eigenvalue weighted by Crippen LogP contribution is 2.00. The van der Waals surface area contributed by atoms with Crippen LogP contribution in [0, 0.1) is 0 Å². The van der Waals surface area contributed by atoms with Crippen molar-refractivity contribution in [3.63, 3.8) is 0 Å². The first-order valence-electron chi connectivity index (χ1n) is 3.74. The van der Waals surface area contributed by atoms with Crippen LogP contribution in [0.25, 0.3) is 0 Å². The molecule has 0 unspecified atom stereocenters. The Kier molecular flexibility index (Phi) is 5.20. The zero-order chi connectivity index (χ0) is 10.4. The Hall–Kier alpha value is -0.980. The molecule has 0 aromatic carbocycles. The second-order valence-electron chi connectivity index (χ2n) is 2.62. The Labute approximate surface area is 75.2 Å². The van der Waals surface area contributed by atoms with Gasteiger partial charge in [0.15, 0.2) is 5.78 Å². The predicted molar refractivity (Wildman–Crippen MR) is 42.8 cm³/mol. The van der Waals surface area contributed by atoms with E-state index in [-0.39, 0.29) is 6.41 Å². The van der Waals surface area contributed by atoms with Gasteiger partial charge in [-0.3, -0.25) is 9.59 Å². The molecule has 1 amide bonds. The molecule has 0 bridgehead atoms. The minimum atomic E-state index is -1.41. The molecule has 0 fully saturated rings. The van der Waals surface area contributed by atoms with Gasteiger partial charge in [0.2, 0.25) is 6.41 Å². The number of aliphatic hydroxyl groups is 3. The van der Waals surface area contributed by atoms with Crippen LogP contribution in [0.1, 0.15) is 6.92 Å². The zero-order valence-corrected chi connectivity index (χ0v) is 7.17. The highest BCUT2D eigenvalue weighted by atomic mass is 16.3. The van der Waals surface area contributed by atoms with E-state index in [2.05, 4.69) is 0 Å². The highest BCUT2D eigenvalue weighted by Gasteiger charge is 2.28. The van der Waals surface area contributed by atoms with Crippen molar-refractivity contribution in [2.24, 2.45) is 0 Å². The van der Waals surface area contributed by atoms with Gasteiger partial charge in [-0.25, -0.2) is 0 Å². The third-order valence-electron chi connectivity index (χ3n) is 1.59. The van der Waals surface area contributed by atoms with E-state index in [9.17, 15) is 14.7 Å². The normalized spacial score (nSPS) is 17.2. The molecular formula is C7H13NO5. The van der Waals surface area contributed by atoms with Crippen molar-refractivity contribution < 1.29 is 24.9 Å². The van der Waals surface area contributed by atoms with Crippen molar-refractivity contribution in [1.29, 1.82) is 0 Å². The summed E-state index contributed by atoms with van der Waals surface area (Å²) in [6.45, 7) is 0.476. The molecule has 4 N–H and O–H groups in total. The van der Waals surface area contributed by atoms with Crippen molar-refractivity contribution in [3.8, 4) is 0 Å². The minimum absolute atomic E-state index is 0.226. The van der Waals surface area contributed by atoms with Crippen LogP contribution >= 0.6 is 0 Å². The van der Waals surface area contributed by atoms with E-state index < -0.39 is 30.6 Å². The maximum absolute atomic E-state index is 10.9. The number of carbonyl (C=O) groups excluding carboxylic acids is 2. The summed E-state index contributed by atoms with van der Waals surface area (Å²) < 4.78 is 0. The van der Waals surface area contributed by atoms with E-state index in [0.29, 0.717) is 0 Å². The Balaban J connectivity index is 4.39. The molecule has 0 aromatic heterocycles. The van der Waals surface area contributed by atoms with Crippen molar-refractivity contribution in [2.45, 2.75) is 25.2 Å². The molecule has 0 saturated heterocycles. The molecule has 13 heavy (non-hydrogen) atoms. The van der Waals surface area contributed by atoms with E-state index >= 15 is 0 Å². The largest absolute Gasteiger partial charge is 0.391 e. The first kappa shape index (κ1) is 12.0. The standard InChI is InChI=1S/C7H13NO5/c1-4(11)7(13)6(8-3-10)5(12)2-9/h3-4,6-7,9,11,13H,2H2,1H3,(H,8,10)/t4-,6-,7+/m1/s1. The molecule has 76 valence electrons. The molecule has 0 heterocycles. The van der Waals surface area contributed by atoms with Gasteiger partial charge in [0.1, 0.15) is 18.8 Å². The number of rotatable bonds is 6. The van der Waals surface area contributed by atoms with Crippen LogP contribution in [0.4, 0.5) is 0 Å². The van der Waals surface area contributed by atoms with Crippen LogP contribution in [0.15, 0.2) is 0 Å². The first-order chi connectivity index (χ1) is 6.04. The van der Waals surface area contributed by atoms with E-state index in [4.69, 9.17) is 10.2 Å². The number of amides is 1. The number of nitrogens with one attached hydrogen (secondary N) is 1. The summed E-state index contributed by atoms with van der Waals surface area (Å²) in [4.78, 5) is 20.9. The number of carbonyl (C=O) groups is 2. The van der Waals surface area contributed by atoms with Gasteiger partial charge >= 0.3 is 0 Å². The smallest absolute Gasteiger partial charge is 0.207 e. The van der Waals surface area contributed by atoms with E-state index in [0.717, 1.165) is 0 Å². The fraction of sp³-hybridized carbons (Fsp3) is 0.714. The predicted octanol–water partition coefficient (Wildman–Crippen LogP) is -2.60. The zero-order valence-electron chi connectivity index (χ0n) is 7.17. The van der Waals surface area contributed by atoms with Gasteiger partial charge in [-0.2, -0.15) is 0 Å². The summed E-state index contributed by atoms with van der Waals surface area (Å²) in [6, 6.07) is -1.26. The minimum Gasteiger partial charge on any atom is -0.391 e. The average molecular weight is 191 g/mol. The van der Waals surface area contributed by atoms with Crippen molar-refractivity contribution in [1.82, 2.24) is 5.32 Å². The lowest BCUT2D eigenvalue weighted by atomic mass is 10.0. The molecule has 0 spiro atoms. The number of hydrogen-bond donors (Lipinski definition) is 4. The van der Waals surface area contributed by atoms with E-state index in [1.54, 1.807) is 0 Å². The quantitative estimate of drug-likeness (QED) is 0.344. The fourth-order valence-electron chi connectivity index (χ4n) is 0.832. The molecule has 0 aromatic rings. The van der Waals surface area contributed by atoms with Gasteiger partial charge in [-0.15, -0.1) is 0 Å². The number of Topliss-reactive ketones (excluding diaryl/α,β-unsaturated/α-hetero) is 1. The molecule has 0 rings (SSSR count). The third kappa shape index (κ3) is 3.49. The van der Waals surface area contributed by atoms with Crippen LogP contribution in [0.5, 0.6) is 0 Å². The van der Waals surface area contributed by atoms with Crippen LogP contribution in [-0.2, 0) is 9.59 Å². The van der Waals surface area contributed by atoms with Gasteiger partial charge in [-0.1, -0.05) is 0 Å². The summed E-state index contributed by atoms with van der Waals surface area (Å²) in [7, 11) is 0. The summed E-state index contributed by atoms with van der Waals surface area (Å²) in [5.41, 5.74) is 0. The summed E-state index contributed by atoms with van der Waals surface area (Å²) in [5, 5.41) is 28.6. The van der Waals surface area contributed by atoms with Crippen LogP contribution < -0.4 is 5.32 Å². The van der Waals surface area contributed by atoms with Crippen LogP contribution in [-0.4, -0.2) is 52.4 Å². The van der Waals surface area contributed by atoms with Gasteiger partial charge in [-0.05, 0) is 6.92 Å². The molecule has 0 aliphatic rings. The topological polar surface area (TPSA) is 107 Å². The Morgan fingerprint density at radius 3 is 2.38 bits per heavy atom. The lowest BCUT2D eigenvalue weighted by molar-refractivity contribution is -0.131. The average Bonchev–Trinajstić information content (AvgIpc) is 2.11. The molecule has 6 heteroatoms. The monoisotopic (exact) mass is 191 g/mol. The highest BCUT2D eigenvalue weighted by molar-refractivity contribution is 5.87. The third-order valence-corrected chi connectivity index (χ3v) is 1.59. The maximum atomic E-state index is 10.9. The molecular weight excluding hydrogens is 178 g/mol. The Morgan fingerprint density at radius 2 is 2.08 bits per heavy atom. The van der Waals surface area contributed by atoms with Gasteiger partial charge < -0.3 is 20.6 Å². The fourth-order valence-corrected chi connectivity index (χ4v) is 0.832. The number of aliphatic hydroxyl groups excluding tert-OH is 3. The van der Waals surface area contributed by atoms with Gasteiger partial charge in [0.25, 0.3) is 0 Å². The second-order valence-corrected chi connectivity index (χ2v) is 2.62. The van der Waals surface area contributed by atoms with Crippen molar-refractivity contribution in [3.05, 3.63) is 0 Å². The van der Waals surface area contributed by atoms with Crippen LogP contribution in [0.2, 0.25) is 0 Å². The molecule has 0 radical (unpaired) electrons. The first-order valence-corrected chi connectivity index (χ1v) is 3.74.